The summed E-state index contributed by atoms with van der Waals surface area (Å²) in [6, 6.07) is 11.7. The van der Waals surface area contributed by atoms with Crippen LogP contribution in [0.15, 0.2) is 42.5 Å². The van der Waals surface area contributed by atoms with Crippen molar-refractivity contribution in [3.63, 3.8) is 0 Å². The molecule has 0 saturated carbocycles. The van der Waals surface area contributed by atoms with Gasteiger partial charge in [0.25, 0.3) is 0 Å². The van der Waals surface area contributed by atoms with Gasteiger partial charge >= 0.3 is 5.97 Å². The van der Waals surface area contributed by atoms with Crippen molar-refractivity contribution in [3.05, 3.63) is 69.2 Å². The minimum absolute atomic E-state index is 0.00723. The van der Waals surface area contributed by atoms with E-state index in [1.165, 1.54) is 6.92 Å². The Morgan fingerprint density at radius 2 is 1.63 bits per heavy atom. The Bertz CT molecular complexity index is 934. The van der Waals surface area contributed by atoms with Gasteiger partial charge in [-0.3, -0.25) is 14.4 Å². The van der Waals surface area contributed by atoms with E-state index in [1.54, 1.807) is 49.4 Å². The molecule has 0 spiro atoms. The van der Waals surface area contributed by atoms with Gasteiger partial charge < -0.3 is 9.53 Å². The Balaban J connectivity index is 2.14. The number of ether oxygens (including phenoxy) is 1. The Kier molecular flexibility index (Phi) is 8.75. The lowest BCUT2D eigenvalue weighted by Crippen LogP contribution is -2.30. The summed E-state index contributed by atoms with van der Waals surface area (Å²) in [5, 5.41) is 0.791. The first-order chi connectivity index (χ1) is 14.2. The molecule has 2 atom stereocenters. The van der Waals surface area contributed by atoms with Crippen molar-refractivity contribution in [3.8, 4) is 0 Å². The van der Waals surface area contributed by atoms with Gasteiger partial charge in [-0.2, -0.15) is 0 Å². The summed E-state index contributed by atoms with van der Waals surface area (Å²) < 4.78 is 5.35. The van der Waals surface area contributed by atoms with Gasteiger partial charge in [-0.25, -0.2) is 0 Å². The lowest BCUT2D eigenvalue weighted by Gasteiger charge is -2.20. The summed E-state index contributed by atoms with van der Waals surface area (Å²) in [7, 11) is 0. The van der Waals surface area contributed by atoms with Crippen LogP contribution in [0.1, 0.15) is 41.8 Å². The first-order valence-corrected chi connectivity index (χ1v) is 10.2. The Morgan fingerprint density at radius 3 is 2.23 bits per heavy atom. The third-order valence-electron chi connectivity index (χ3n) is 4.81. The summed E-state index contributed by atoms with van der Waals surface area (Å²) >= 11 is 12.3. The molecule has 7 heteroatoms. The first-order valence-electron chi connectivity index (χ1n) is 9.42. The number of carbonyl (C=O) groups is 4. The van der Waals surface area contributed by atoms with Crippen LogP contribution in [0.3, 0.4) is 0 Å². The van der Waals surface area contributed by atoms with Crippen LogP contribution in [0, 0.1) is 5.92 Å². The summed E-state index contributed by atoms with van der Waals surface area (Å²) in [6.07, 6.45) is -0.284. The van der Waals surface area contributed by atoms with Gasteiger partial charge in [0.15, 0.2) is 5.78 Å². The lowest BCUT2D eigenvalue weighted by molar-refractivity contribution is -0.152. The van der Waals surface area contributed by atoms with Crippen molar-refractivity contribution in [1.29, 1.82) is 0 Å². The summed E-state index contributed by atoms with van der Waals surface area (Å²) in [5.41, 5.74) is 1.39. The smallest absolute Gasteiger partial charge is 0.310 e. The molecule has 2 rings (SSSR count). The summed E-state index contributed by atoms with van der Waals surface area (Å²) in [4.78, 5) is 47.7. The minimum atomic E-state index is -0.745. The molecule has 0 bridgehead atoms. The molecule has 0 aliphatic heterocycles. The highest BCUT2D eigenvalue weighted by atomic mass is 35.5. The zero-order chi connectivity index (χ0) is 22.3. The number of esters is 1. The number of halogens is 2. The Labute approximate surface area is 185 Å². The van der Waals surface area contributed by atoms with Gasteiger partial charge in [-0.05, 0) is 37.1 Å². The average molecular weight is 449 g/mol. The van der Waals surface area contributed by atoms with E-state index in [1.807, 2.05) is 0 Å². The number of aldehydes is 1. The molecule has 0 aromatic heterocycles. The maximum atomic E-state index is 12.9. The fraction of sp³-hybridized carbons (Fsp3) is 0.304. The summed E-state index contributed by atoms with van der Waals surface area (Å²) in [6.45, 7) is 2.93. The van der Waals surface area contributed by atoms with E-state index in [2.05, 4.69) is 0 Å². The number of ketones is 2. The molecule has 0 radical (unpaired) electrons. The van der Waals surface area contributed by atoms with Gasteiger partial charge in [0, 0.05) is 28.5 Å². The van der Waals surface area contributed by atoms with Gasteiger partial charge in [0.05, 0.1) is 12.3 Å². The monoisotopic (exact) mass is 448 g/mol. The topological polar surface area (TPSA) is 77.5 Å². The number of hydrogen-bond acceptors (Lipinski definition) is 5. The van der Waals surface area contributed by atoms with Crippen LogP contribution < -0.4 is 0 Å². The fourth-order valence-electron chi connectivity index (χ4n) is 3.18. The van der Waals surface area contributed by atoms with Crippen molar-refractivity contribution < 1.29 is 23.9 Å². The number of carbonyl (C=O) groups excluding carboxylic acids is 4. The molecule has 0 heterocycles. The van der Waals surface area contributed by atoms with Crippen molar-refractivity contribution >= 4 is 47.0 Å². The number of hydrogen-bond donors (Lipinski definition) is 0. The first kappa shape index (κ1) is 23.8. The third-order valence-corrected chi connectivity index (χ3v) is 5.52. The van der Waals surface area contributed by atoms with Gasteiger partial charge in [0.1, 0.15) is 18.2 Å². The van der Waals surface area contributed by atoms with Crippen molar-refractivity contribution in [2.75, 3.05) is 0 Å². The molecule has 0 unspecified atom stereocenters. The zero-order valence-electron chi connectivity index (χ0n) is 16.7. The van der Waals surface area contributed by atoms with Gasteiger partial charge in [-0.1, -0.05) is 53.5 Å². The van der Waals surface area contributed by atoms with E-state index in [9.17, 15) is 19.2 Å². The Morgan fingerprint density at radius 1 is 1.00 bits per heavy atom. The maximum absolute atomic E-state index is 12.9. The van der Waals surface area contributed by atoms with Crippen molar-refractivity contribution in [1.82, 2.24) is 0 Å². The standard InChI is InChI=1S/C23H22Cl2O5/c1-14(27)17(10-11-26)15(2)30-23(29)12-16-6-3-4-7-18(16)22(28)13-19-20(24)8-5-9-21(19)25/h3-9,11,15,17H,10,12-13H2,1-2H3/t15-,17-/m1/s1. The zero-order valence-corrected chi connectivity index (χ0v) is 18.2. The molecule has 2 aromatic rings. The average Bonchev–Trinajstić information content (AvgIpc) is 2.68. The maximum Gasteiger partial charge on any atom is 0.310 e. The molecule has 0 amide bonds. The SMILES string of the molecule is CC(=O)[C@@H](CC=O)[C@@H](C)OC(=O)Cc1ccccc1C(=O)Cc1c(Cl)cccc1Cl. The minimum Gasteiger partial charge on any atom is -0.462 e. The molecule has 0 aliphatic carbocycles. The number of rotatable bonds is 10. The predicted octanol–water partition coefficient (Wildman–Crippen LogP) is 4.69. The molecule has 158 valence electrons. The highest BCUT2D eigenvalue weighted by molar-refractivity contribution is 6.36. The second-order valence-corrected chi connectivity index (χ2v) is 7.76. The highest BCUT2D eigenvalue weighted by Crippen LogP contribution is 2.26. The molecule has 0 fully saturated rings. The molecule has 30 heavy (non-hydrogen) atoms. The van der Waals surface area contributed by atoms with Crippen LogP contribution in [0.25, 0.3) is 0 Å². The van der Waals surface area contributed by atoms with E-state index in [0.29, 0.717) is 33.0 Å². The van der Waals surface area contributed by atoms with Crippen molar-refractivity contribution in [2.45, 2.75) is 39.2 Å². The van der Waals surface area contributed by atoms with Crippen molar-refractivity contribution in [2.24, 2.45) is 5.92 Å². The lowest BCUT2D eigenvalue weighted by atomic mass is 9.95. The van der Waals surface area contributed by atoms with Crippen LogP contribution >= 0.6 is 23.2 Å². The van der Waals surface area contributed by atoms with Crippen LogP contribution in [-0.4, -0.2) is 29.9 Å². The highest BCUT2D eigenvalue weighted by Gasteiger charge is 2.25. The number of benzene rings is 2. The Hall–Kier alpha value is -2.50. The molecule has 0 N–H and O–H groups in total. The third kappa shape index (κ3) is 6.25. The molecule has 0 saturated heterocycles. The van der Waals surface area contributed by atoms with E-state index in [0.717, 1.165) is 0 Å². The normalized spacial score (nSPS) is 12.7. The van der Waals surface area contributed by atoms with Crippen LogP contribution in [-0.2, 0) is 32.0 Å². The van der Waals surface area contributed by atoms with Crippen LogP contribution in [0.2, 0.25) is 10.0 Å². The van der Waals surface area contributed by atoms with Crippen LogP contribution in [0.4, 0.5) is 0 Å². The predicted molar refractivity (Wildman–Crippen MR) is 115 cm³/mol. The van der Waals surface area contributed by atoms with E-state index in [-0.39, 0.29) is 30.8 Å². The van der Waals surface area contributed by atoms with Gasteiger partial charge in [0.2, 0.25) is 0 Å². The molecule has 0 aliphatic rings. The number of Topliss-reactive ketones (excluding diaryl/α,β-unsaturated/α-hetero) is 2. The van der Waals surface area contributed by atoms with E-state index < -0.39 is 18.0 Å². The molecule has 5 nitrogen and oxygen atoms in total. The van der Waals surface area contributed by atoms with E-state index >= 15 is 0 Å². The summed E-state index contributed by atoms with van der Waals surface area (Å²) in [5.74, 6) is -1.74. The largest absolute Gasteiger partial charge is 0.462 e. The van der Waals surface area contributed by atoms with Crippen LogP contribution in [0.5, 0.6) is 0 Å². The quantitative estimate of drug-likeness (QED) is 0.299. The molecular weight excluding hydrogens is 427 g/mol. The van der Waals surface area contributed by atoms with E-state index in [4.69, 9.17) is 27.9 Å². The fourth-order valence-corrected chi connectivity index (χ4v) is 3.71. The molecular formula is C23H22Cl2O5. The second kappa shape index (κ2) is 11.0. The second-order valence-electron chi connectivity index (χ2n) is 6.95. The van der Waals surface area contributed by atoms with Gasteiger partial charge in [-0.15, -0.1) is 0 Å². The molecule has 2 aromatic carbocycles.